The fourth-order valence-corrected chi connectivity index (χ4v) is 1.41. The van der Waals surface area contributed by atoms with Gasteiger partial charge in [-0.15, -0.1) is 0 Å². The van der Waals surface area contributed by atoms with Gasteiger partial charge in [-0.05, 0) is 24.0 Å². The van der Waals surface area contributed by atoms with Gasteiger partial charge in [0.2, 0.25) is 0 Å². The van der Waals surface area contributed by atoms with Crippen LogP contribution in [-0.2, 0) is 0 Å². The maximum atomic E-state index is 9.78. The van der Waals surface area contributed by atoms with Crippen molar-refractivity contribution in [1.82, 2.24) is 0 Å². The van der Waals surface area contributed by atoms with E-state index in [2.05, 4.69) is 19.9 Å². The van der Waals surface area contributed by atoms with E-state index in [1.165, 1.54) is 5.56 Å². The van der Waals surface area contributed by atoms with Gasteiger partial charge in [0.15, 0.2) is 0 Å². The largest absolute Gasteiger partial charge is 0.387 e. The predicted octanol–water partition coefficient (Wildman–Crippen LogP) is 2.19. The molecule has 0 spiro atoms. The highest BCUT2D eigenvalue weighted by atomic mass is 16.3. The zero-order chi connectivity index (χ0) is 10.7. The quantitative estimate of drug-likeness (QED) is 0.773. The summed E-state index contributed by atoms with van der Waals surface area (Å²) in [6, 6.07) is 7.76. The van der Waals surface area contributed by atoms with E-state index in [-0.39, 0.29) is 6.04 Å². The maximum absolute atomic E-state index is 9.78. The summed E-state index contributed by atoms with van der Waals surface area (Å²) in [6.07, 6.45) is -0.561. The first-order chi connectivity index (χ1) is 6.52. The molecular weight excluding hydrogens is 174 g/mol. The molecule has 0 bridgehead atoms. The van der Waals surface area contributed by atoms with Crippen molar-refractivity contribution in [2.24, 2.45) is 5.73 Å². The van der Waals surface area contributed by atoms with Gasteiger partial charge >= 0.3 is 0 Å². The molecule has 0 aromatic heterocycles. The molecule has 1 rings (SSSR count). The second kappa shape index (κ2) is 4.58. The number of aliphatic hydroxyl groups excluding tert-OH is 1. The third-order valence-corrected chi connectivity index (χ3v) is 2.42. The summed E-state index contributed by atoms with van der Waals surface area (Å²) < 4.78 is 0. The smallest absolute Gasteiger partial charge is 0.0938 e. The molecular formula is C12H19NO. The third-order valence-electron chi connectivity index (χ3n) is 2.42. The summed E-state index contributed by atoms with van der Waals surface area (Å²) in [7, 11) is 0. The lowest BCUT2D eigenvalue weighted by atomic mass is 9.97. The standard InChI is InChI=1S/C12H19NO/c1-8(2)10-5-4-6-11(7-10)12(14)9(3)13/h4-9,12,14H,13H2,1-3H3/t9-,12+/m1/s1. The minimum absolute atomic E-state index is 0.225. The van der Waals surface area contributed by atoms with E-state index in [0.29, 0.717) is 5.92 Å². The number of nitrogens with two attached hydrogens (primary N) is 1. The Kier molecular flexibility index (Phi) is 3.67. The summed E-state index contributed by atoms with van der Waals surface area (Å²) in [5, 5.41) is 9.78. The molecule has 2 atom stereocenters. The van der Waals surface area contributed by atoms with E-state index in [1.54, 1.807) is 0 Å². The minimum atomic E-state index is -0.561. The predicted molar refractivity (Wildman–Crippen MR) is 59.1 cm³/mol. The van der Waals surface area contributed by atoms with E-state index < -0.39 is 6.10 Å². The van der Waals surface area contributed by atoms with Gasteiger partial charge < -0.3 is 10.8 Å². The second-order valence-corrected chi connectivity index (χ2v) is 4.13. The first-order valence-corrected chi connectivity index (χ1v) is 5.06. The summed E-state index contributed by atoms with van der Waals surface area (Å²) in [5.74, 6) is 0.482. The Morgan fingerprint density at radius 2 is 1.71 bits per heavy atom. The van der Waals surface area contributed by atoms with Gasteiger partial charge in [0.25, 0.3) is 0 Å². The van der Waals surface area contributed by atoms with Crippen LogP contribution in [-0.4, -0.2) is 11.1 Å². The summed E-state index contributed by atoms with van der Waals surface area (Å²) in [4.78, 5) is 0. The van der Waals surface area contributed by atoms with Crippen molar-refractivity contribution in [2.45, 2.75) is 38.8 Å². The normalized spacial score (nSPS) is 15.6. The number of benzene rings is 1. The zero-order valence-corrected chi connectivity index (χ0v) is 9.07. The highest BCUT2D eigenvalue weighted by Gasteiger charge is 2.12. The Morgan fingerprint density at radius 1 is 1.14 bits per heavy atom. The number of aliphatic hydroxyl groups is 1. The van der Waals surface area contributed by atoms with Gasteiger partial charge in [0.1, 0.15) is 0 Å². The van der Waals surface area contributed by atoms with E-state index in [1.807, 2.05) is 25.1 Å². The fraction of sp³-hybridized carbons (Fsp3) is 0.500. The Hall–Kier alpha value is -0.860. The molecule has 0 aliphatic rings. The molecule has 0 fully saturated rings. The van der Waals surface area contributed by atoms with Crippen LogP contribution in [0.2, 0.25) is 0 Å². The van der Waals surface area contributed by atoms with Crippen molar-refractivity contribution in [2.75, 3.05) is 0 Å². The molecule has 2 heteroatoms. The van der Waals surface area contributed by atoms with Crippen molar-refractivity contribution in [3.63, 3.8) is 0 Å². The number of rotatable bonds is 3. The van der Waals surface area contributed by atoms with Crippen molar-refractivity contribution < 1.29 is 5.11 Å². The topological polar surface area (TPSA) is 46.2 Å². The SMILES string of the molecule is CC(C)c1cccc([C@@H](O)[C@@H](C)N)c1. The molecule has 14 heavy (non-hydrogen) atoms. The minimum Gasteiger partial charge on any atom is -0.387 e. The van der Waals surface area contributed by atoms with Gasteiger partial charge in [-0.1, -0.05) is 38.1 Å². The van der Waals surface area contributed by atoms with Crippen LogP contribution in [0.3, 0.4) is 0 Å². The zero-order valence-electron chi connectivity index (χ0n) is 9.07. The van der Waals surface area contributed by atoms with Crippen LogP contribution in [0.15, 0.2) is 24.3 Å². The molecule has 3 N–H and O–H groups in total. The van der Waals surface area contributed by atoms with Crippen LogP contribution >= 0.6 is 0 Å². The van der Waals surface area contributed by atoms with Crippen molar-refractivity contribution in [3.8, 4) is 0 Å². The van der Waals surface area contributed by atoms with Gasteiger partial charge in [-0.3, -0.25) is 0 Å². The van der Waals surface area contributed by atoms with Gasteiger partial charge in [0, 0.05) is 6.04 Å². The average molecular weight is 193 g/mol. The lowest BCUT2D eigenvalue weighted by Crippen LogP contribution is -2.24. The monoisotopic (exact) mass is 193 g/mol. The molecule has 0 amide bonds. The molecule has 1 aromatic carbocycles. The van der Waals surface area contributed by atoms with Crippen LogP contribution in [0.1, 0.15) is 43.9 Å². The van der Waals surface area contributed by atoms with Crippen LogP contribution in [0.25, 0.3) is 0 Å². The van der Waals surface area contributed by atoms with Crippen LogP contribution in [0.5, 0.6) is 0 Å². The first kappa shape index (κ1) is 11.2. The molecule has 1 aromatic rings. The molecule has 0 unspecified atom stereocenters. The summed E-state index contributed by atoms with van der Waals surface area (Å²) >= 11 is 0. The van der Waals surface area contributed by atoms with E-state index in [0.717, 1.165) is 5.56 Å². The van der Waals surface area contributed by atoms with Crippen LogP contribution < -0.4 is 5.73 Å². The van der Waals surface area contributed by atoms with Gasteiger partial charge in [-0.25, -0.2) is 0 Å². The van der Waals surface area contributed by atoms with Crippen molar-refractivity contribution in [3.05, 3.63) is 35.4 Å². The van der Waals surface area contributed by atoms with E-state index in [4.69, 9.17) is 5.73 Å². The molecule has 0 aliphatic heterocycles. The fourth-order valence-electron chi connectivity index (χ4n) is 1.41. The summed E-state index contributed by atoms with van der Waals surface area (Å²) in [5.41, 5.74) is 7.79. The lowest BCUT2D eigenvalue weighted by Gasteiger charge is -2.16. The lowest BCUT2D eigenvalue weighted by molar-refractivity contribution is 0.153. The van der Waals surface area contributed by atoms with Gasteiger partial charge in [-0.2, -0.15) is 0 Å². The average Bonchev–Trinajstić information content (AvgIpc) is 2.16. The molecule has 0 radical (unpaired) electrons. The highest BCUT2D eigenvalue weighted by molar-refractivity contribution is 5.27. The maximum Gasteiger partial charge on any atom is 0.0938 e. The van der Waals surface area contributed by atoms with E-state index >= 15 is 0 Å². The molecule has 2 nitrogen and oxygen atoms in total. The van der Waals surface area contributed by atoms with Gasteiger partial charge in [0.05, 0.1) is 6.10 Å². The van der Waals surface area contributed by atoms with Crippen molar-refractivity contribution in [1.29, 1.82) is 0 Å². The molecule has 78 valence electrons. The molecule has 0 heterocycles. The van der Waals surface area contributed by atoms with E-state index in [9.17, 15) is 5.11 Å². The Morgan fingerprint density at radius 3 is 2.21 bits per heavy atom. The van der Waals surface area contributed by atoms with Crippen LogP contribution in [0, 0.1) is 0 Å². The highest BCUT2D eigenvalue weighted by Crippen LogP contribution is 2.21. The Labute approximate surface area is 85.8 Å². The number of hydrogen-bond acceptors (Lipinski definition) is 2. The van der Waals surface area contributed by atoms with Crippen LogP contribution in [0.4, 0.5) is 0 Å². The number of hydrogen-bond donors (Lipinski definition) is 2. The third kappa shape index (κ3) is 2.56. The Balaban J connectivity index is 2.93. The molecule has 0 saturated heterocycles. The summed E-state index contributed by atoms with van der Waals surface area (Å²) in [6.45, 7) is 6.08. The first-order valence-electron chi connectivity index (χ1n) is 5.06. The molecule has 0 saturated carbocycles. The Bertz CT molecular complexity index is 294. The second-order valence-electron chi connectivity index (χ2n) is 4.13. The van der Waals surface area contributed by atoms with Crippen molar-refractivity contribution >= 4 is 0 Å². The molecule has 0 aliphatic carbocycles.